The highest BCUT2D eigenvalue weighted by molar-refractivity contribution is 6.34. The number of benzene rings is 1. The number of carboxylic acid groups (broad SMARTS) is 1. The van der Waals surface area contributed by atoms with E-state index in [1.165, 1.54) is 6.08 Å². The Labute approximate surface area is 127 Å². The number of hydrogen-bond acceptors (Lipinski definition) is 2. The second-order valence-electron chi connectivity index (χ2n) is 4.25. The van der Waals surface area contributed by atoms with Crippen LogP contribution < -0.4 is 5.32 Å². The third-order valence-electron chi connectivity index (χ3n) is 2.57. The van der Waals surface area contributed by atoms with Gasteiger partial charge in [-0.25, -0.2) is 0 Å². The van der Waals surface area contributed by atoms with Gasteiger partial charge in [0.1, 0.15) is 0 Å². The molecule has 0 saturated carbocycles. The number of carbonyl (C=O) groups excluding carboxylic acids is 1. The molecule has 0 radical (unpaired) electrons. The number of hydrogen-bond donors (Lipinski definition) is 2. The highest BCUT2D eigenvalue weighted by atomic mass is 35.5. The van der Waals surface area contributed by atoms with Crippen LogP contribution in [-0.4, -0.2) is 23.0 Å². The molecule has 0 fully saturated rings. The van der Waals surface area contributed by atoms with E-state index in [-0.39, 0.29) is 18.4 Å². The van der Waals surface area contributed by atoms with E-state index in [1.807, 2.05) is 6.92 Å². The van der Waals surface area contributed by atoms with Crippen molar-refractivity contribution in [2.75, 3.05) is 0 Å². The number of rotatable bonds is 6. The lowest BCUT2D eigenvalue weighted by Gasteiger charge is -2.12. The Bertz CT molecular complexity index is 509. The van der Waals surface area contributed by atoms with Crippen LogP contribution in [0, 0.1) is 0 Å². The summed E-state index contributed by atoms with van der Waals surface area (Å²) in [4.78, 5) is 22.3. The van der Waals surface area contributed by atoms with E-state index in [9.17, 15) is 9.59 Å². The fourth-order valence-electron chi connectivity index (χ4n) is 1.60. The molecule has 0 aromatic heterocycles. The zero-order chi connectivity index (χ0) is 15.1. The molecule has 0 aliphatic carbocycles. The Morgan fingerprint density at radius 3 is 2.40 bits per heavy atom. The summed E-state index contributed by atoms with van der Waals surface area (Å²) in [5.74, 6) is -1.29. The fourth-order valence-corrected chi connectivity index (χ4v) is 2.14. The summed E-state index contributed by atoms with van der Waals surface area (Å²) < 4.78 is 0. The van der Waals surface area contributed by atoms with Crippen LogP contribution in [0.4, 0.5) is 0 Å². The Morgan fingerprint density at radius 2 is 1.90 bits per heavy atom. The summed E-state index contributed by atoms with van der Waals surface area (Å²) in [7, 11) is 0. The summed E-state index contributed by atoms with van der Waals surface area (Å²) in [6, 6.07) is 4.56. The normalized spacial score (nSPS) is 12.3. The van der Waals surface area contributed by atoms with Gasteiger partial charge < -0.3 is 10.4 Å². The molecule has 108 valence electrons. The van der Waals surface area contributed by atoms with Gasteiger partial charge in [-0.2, -0.15) is 0 Å². The van der Waals surface area contributed by atoms with Gasteiger partial charge >= 0.3 is 5.97 Å². The zero-order valence-electron chi connectivity index (χ0n) is 10.9. The van der Waals surface area contributed by atoms with Gasteiger partial charge in [0.15, 0.2) is 0 Å². The lowest BCUT2D eigenvalue weighted by molar-refractivity contribution is -0.137. The lowest BCUT2D eigenvalue weighted by atomic mass is 10.1. The van der Waals surface area contributed by atoms with Crippen molar-refractivity contribution in [3.05, 3.63) is 39.9 Å². The molecule has 1 unspecified atom stereocenters. The molecule has 4 nitrogen and oxygen atoms in total. The van der Waals surface area contributed by atoms with Gasteiger partial charge in [0.25, 0.3) is 0 Å². The molecule has 0 heterocycles. The van der Waals surface area contributed by atoms with Crippen LogP contribution in [0.15, 0.2) is 24.3 Å². The maximum Gasteiger partial charge on any atom is 0.305 e. The number of carboxylic acids is 1. The Morgan fingerprint density at radius 1 is 1.30 bits per heavy atom. The van der Waals surface area contributed by atoms with Crippen molar-refractivity contribution in [3.8, 4) is 0 Å². The largest absolute Gasteiger partial charge is 0.481 e. The number of halogens is 2. The fraction of sp³-hybridized carbons (Fsp3) is 0.286. The third kappa shape index (κ3) is 6.08. The van der Waals surface area contributed by atoms with Crippen LogP contribution in [-0.2, 0) is 9.59 Å². The number of aliphatic carboxylic acids is 1. The van der Waals surface area contributed by atoms with Crippen LogP contribution >= 0.6 is 23.2 Å². The Balaban J connectivity index is 2.64. The minimum Gasteiger partial charge on any atom is -0.481 e. The maximum atomic E-state index is 11.7. The molecule has 1 rings (SSSR count). The first-order valence-corrected chi connectivity index (χ1v) is 6.82. The minimum absolute atomic E-state index is 0.0981. The standard InChI is InChI=1S/C14H15Cl2NO3/c1-2-12(8-14(19)20)17-13(18)4-3-9-5-10(15)7-11(16)6-9/h3-7,12H,2,8H2,1H3,(H,17,18)(H,19,20)/b4-3+. The number of amides is 1. The minimum atomic E-state index is -0.942. The van der Waals surface area contributed by atoms with Gasteiger partial charge in [-0.15, -0.1) is 0 Å². The second kappa shape index (κ2) is 7.92. The average molecular weight is 316 g/mol. The van der Waals surface area contributed by atoms with Gasteiger partial charge in [-0.3, -0.25) is 9.59 Å². The summed E-state index contributed by atoms with van der Waals surface area (Å²) in [5.41, 5.74) is 0.698. The molecule has 0 aliphatic rings. The molecule has 0 spiro atoms. The summed E-state index contributed by atoms with van der Waals surface area (Å²) in [6.45, 7) is 1.81. The van der Waals surface area contributed by atoms with Crippen LogP contribution in [0.5, 0.6) is 0 Å². The van der Waals surface area contributed by atoms with Crippen molar-refractivity contribution in [3.63, 3.8) is 0 Å². The van der Waals surface area contributed by atoms with Gasteiger partial charge in [-0.1, -0.05) is 30.1 Å². The highest BCUT2D eigenvalue weighted by Gasteiger charge is 2.12. The predicted molar refractivity (Wildman–Crippen MR) is 80.0 cm³/mol. The van der Waals surface area contributed by atoms with Crippen LogP contribution in [0.3, 0.4) is 0 Å². The van der Waals surface area contributed by atoms with Gasteiger partial charge in [-0.05, 0) is 36.3 Å². The quantitative estimate of drug-likeness (QED) is 0.791. The van der Waals surface area contributed by atoms with E-state index in [1.54, 1.807) is 24.3 Å². The first-order valence-electron chi connectivity index (χ1n) is 6.07. The van der Waals surface area contributed by atoms with E-state index >= 15 is 0 Å². The average Bonchev–Trinajstić information content (AvgIpc) is 2.34. The van der Waals surface area contributed by atoms with E-state index in [2.05, 4.69) is 5.32 Å². The van der Waals surface area contributed by atoms with Crippen molar-refractivity contribution in [1.29, 1.82) is 0 Å². The van der Waals surface area contributed by atoms with E-state index in [4.69, 9.17) is 28.3 Å². The third-order valence-corrected chi connectivity index (χ3v) is 3.01. The van der Waals surface area contributed by atoms with Crippen LogP contribution in [0.25, 0.3) is 6.08 Å². The summed E-state index contributed by atoms with van der Waals surface area (Å²) >= 11 is 11.7. The zero-order valence-corrected chi connectivity index (χ0v) is 12.4. The molecule has 20 heavy (non-hydrogen) atoms. The van der Waals surface area contributed by atoms with Crippen molar-refractivity contribution < 1.29 is 14.7 Å². The summed E-state index contributed by atoms with van der Waals surface area (Å²) in [6.07, 6.45) is 3.35. The molecule has 2 N–H and O–H groups in total. The SMILES string of the molecule is CCC(CC(=O)O)NC(=O)/C=C/c1cc(Cl)cc(Cl)c1. The van der Waals surface area contributed by atoms with E-state index in [0.717, 1.165) is 0 Å². The Hall–Kier alpha value is -1.52. The molecule has 1 atom stereocenters. The highest BCUT2D eigenvalue weighted by Crippen LogP contribution is 2.19. The molecular formula is C14H15Cl2NO3. The van der Waals surface area contributed by atoms with E-state index < -0.39 is 5.97 Å². The first-order chi connectivity index (χ1) is 9.40. The molecule has 1 amide bonds. The van der Waals surface area contributed by atoms with Crippen molar-refractivity contribution in [2.45, 2.75) is 25.8 Å². The molecule has 0 aliphatic heterocycles. The van der Waals surface area contributed by atoms with Crippen molar-refractivity contribution in [2.24, 2.45) is 0 Å². The van der Waals surface area contributed by atoms with Crippen molar-refractivity contribution >= 4 is 41.2 Å². The van der Waals surface area contributed by atoms with Gasteiger partial charge in [0.2, 0.25) is 5.91 Å². The van der Waals surface area contributed by atoms with Crippen molar-refractivity contribution in [1.82, 2.24) is 5.32 Å². The van der Waals surface area contributed by atoms with Crippen LogP contribution in [0.2, 0.25) is 10.0 Å². The van der Waals surface area contributed by atoms with Crippen LogP contribution in [0.1, 0.15) is 25.3 Å². The molecular weight excluding hydrogens is 301 g/mol. The monoisotopic (exact) mass is 315 g/mol. The van der Waals surface area contributed by atoms with E-state index in [0.29, 0.717) is 22.0 Å². The number of nitrogens with one attached hydrogen (secondary N) is 1. The van der Waals surface area contributed by atoms with Gasteiger partial charge in [0, 0.05) is 22.2 Å². The lowest BCUT2D eigenvalue weighted by Crippen LogP contribution is -2.34. The first kappa shape index (κ1) is 16.5. The molecule has 1 aromatic carbocycles. The topological polar surface area (TPSA) is 66.4 Å². The Kier molecular flexibility index (Phi) is 6.55. The molecule has 6 heteroatoms. The molecule has 0 bridgehead atoms. The maximum absolute atomic E-state index is 11.7. The predicted octanol–water partition coefficient (Wildman–Crippen LogP) is 3.38. The second-order valence-corrected chi connectivity index (χ2v) is 5.12. The number of carbonyl (C=O) groups is 2. The molecule has 0 saturated heterocycles. The van der Waals surface area contributed by atoms with Gasteiger partial charge in [0.05, 0.1) is 6.42 Å². The smallest absolute Gasteiger partial charge is 0.305 e. The summed E-state index contributed by atoms with van der Waals surface area (Å²) in [5, 5.41) is 12.3. The molecule has 1 aromatic rings.